The van der Waals surface area contributed by atoms with Gasteiger partial charge in [-0.1, -0.05) is 0 Å². The molecule has 2 aromatic rings. The second-order valence-corrected chi connectivity index (χ2v) is 5.65. The van der Waals surface area contributed by atoms with Crippen LogP contribution in [0.1, 0.15) is 28.1 Å². The number of Topliss-reactive ketones (excluding diaryl/α,β-unsaturated/α-hetero) is 1. The highest BCUT2D eigenvalue weighted by molar-refractivity contribution is 7.20. The number of halogens is 1. The molecule has 0 unspecified atom stereocenters. The third kappa shape index (κ3) is 3.58. The Morgan fingerprint density at radius 2 is 2.05 bits per heavy atom. The van der Waals surface area contributed by atoms with Gasteiger partial charge >= 0.3 is 5.97 Å². The lowest BCUT2D eigenvalue weighted by atomic mass is 10.1. The van der Waals surface area contributed by atoms with Crippen molar-refractivity contribution in [2.75, 3.05) is 13.8 Å². The van der Waals surface area contributed by atoms with Crippen LogP contribution in [0.5, 0.6) is 5.75 Å². The van der Waals surface area contributed by atoms with Crippen LogP contribution in [0.3, 0.4) is 0 Å². The summed E-state index contributed by atoms with van der Waals surface area (Å²) >= 11 is 1.30. The number of thiophene rings is 1. The number of aliphatic carboxylic acids is 1. The normalized spacial score (nSPS) is 10.8. The van der Waals surface area contributed by atoms with Crippen molar-refractivity contribution in [1.82, 2.24) is 0 Å². The number of aryl methyl sites for hydroxylation is 1. The second-order valence-electron chi connectivity index (χ2n) is 4.57. The van der Waals surface area contributed by atoms with Crippen molar-refractivity contribution in [2.24, 2.45) is 0 Å². The molecule has 1 heterocycles. The maximum Gasteiger partial charge on any atom is 0.303 e. The first-order chi connectivity index (χ1) is 10.0. The van der Waals surface area contributed by atoms with Gasteiger partial charge in [-0.15, -0.1) is 11.3 Å². The van der Waals surface area contributed by atoms with Gasteiger partial charge in [0.1, 0.15) is 5.75 Å². The van der Waals surface area contributed by atoms with E-state index in [4.69, 9.17) is 9.84 Å². The van der Waals surface area contributed by atoms with Crippen LogP contribution in [0.2, 0.25) is 0 Å². The van der Waals surface area contributed by atoms with Crippen molar-refractivity contribution in [1.29, 1.82) is 0 Å². The molecule has 0 fully saturated rings. The van der Waals surface area contributed by atoms with E-state index in [1.54, 1.807) is 12.1 Å². The van der Waals surface area contributed by atoms with Gasteiger partial charge < -0.3 is 9.84 Å². The molecule has 0 spiro atoms. The average molecular weight is 310 g/mol. The number of methoxy groups -OCH3 is 1. The summed E-state index contributed by atoms with van der Waals surface area (Å²) in [5.41, 5.74) is 0.763. The zero-order valence-electron chi connectivity index (χ0n) is 11.5. The van der Waals surface area contributed by atoms with Gasteiger partial charge in [0.15, 0.2) is 5.78 Å². The zero-order valence-corrected chi connectivity index (χ0v) is 12.3. The molecule has 1 aromatic heterocycles. The molecule has 6 heteroatoms. The number of ketones is 1. The molecule has 1 aromatic carbocycles. The van der Waals surface area contributed by atoms with E-state index in [-0.39, 0.29) is 25.0 Å². The lowest BCUT2D eigenvalue weighted by molar-refractivity contribution is -0.136. The molecular weight excluding hydrogens is 295 g/mol. The van der Waals surface area contributed by atoms with Gasteiger partial charge in [0.25, 0.3) is 0 Å². The number of alkyl halides is 1. The largest absolute Gasteiger partial charge is 0.496 e. The number of carboxylic acid groups (broad SMARTS) is 1. The average Bonchev–Trinajstić information content (AvgIpc) is 2.87. The highest BCUT2D eigenvalue weighted by atomic mass is 32.1. The molecule has 0 aliphatic rings. The number of rotatable bonds is 7. The van der Waals surface area contributed by atoms with E-state index in [9.17, 15) is 14.0 Å². The third-order valence-electron chi connectivity index (χ3n) is 3.12. The summed E-state index contributed by atoms with van der Waals surface area (Å²) in [7, 11) is 1.52. The van der Waals surface area contributed by atoms with E-state index in [0.29, 0.717) is 10.6 Å². The van der Waals surface area contributed by atoms with Gasteiger partial charge in [0.05, 0.1) is 25.1 Å². The number of ether oxygens (including phenoxy) is 1. The van der Waals surface area contributed by atoms with Crippen molar-refractivity contribution < 1.29 is 23.8 Å². The molecule has 0 bridgehead atoms. The van der Waals surface area contributed by atoms with E-state index >= 15 is 0 Å². The lowest BCUT2D eigenvalue weighted by Gasteiger charge is -2.06. The molecule has 0 saturated heterocycles. The number of hydrogen-bond acceptors (Lipinski definition) is 4. The summed E-state index contributed by atoms with van der Waals surface area (Å²) in [5.74, 6) is -0.580. The molecule has 0 atom stereocenters. The summed E-state index contributed by atoms with van der Waals surface area (Å²) in [6.45, 7) is -0.475. The minimum atomic E-state index is -0.989. The highest BCUT2D eigenvalue weighted by Gasteiger charge is 2.14. The van der Waals surface area contributed by atoms with Crippen LogP contribution in [0.25, 0.3) is 10.1 Å². The van der Waals surface area contributed by atoms with E-state index in [0.717, 1.165) is 15.6 Å². The van der Waals surface area contributed by atoms with E-state index in [2.05, 4.69) is 0 Å². The number of carbonyl (C=O) groups excluding carboxylic acids is 1. The number of benzene rings is 1. The second kappa shape index (κ2) is 6.67. The Morgan fingerprint density at radius 3 is 2.67 bits per heavy atom. The van der Waals surface area contributed by atoms with Crippen LogP contribution in [0.4, 0.5) is 4.39 Å². The summed E-state index contributed by atoms with van der Waals surface area (Å²) in [5, 5.41) is 9.46. The minimum absolute atomic E-state index is 0.0172. The van der Waals surface area contributed by atoms with E-state index in [1.165, 1.54) is 18.4 Å². The Morgan fingerprint density at radius 1 is 1.29 bits per heavy atom. The van der Waals surface area contributed by atoms with Crippen LogP contribution in [0, 0.1) is 0 Å². The topological polar surface area (TPSA) is 63.6 Å². The molecule has 4 nitrogen and oxygen atoms in total. The van der Waals surface area contributed by atoms with Crippen molar-refractivity contribution in [2.45, 2.75) is 19.3 Å². The summed E-state index contributed by atoms with van der Waals surface area (Å²) in [6.07, 6.45) is 0.0689. The Labute approximate surface area is 125 Å². The standard InChI is InChI=1S/C15H15FO4S/c1-20-12-6-10-8-14(11(17)2-3-15(18)19)21-13(10)7-9(12)4-5-16/h6-8H,2-5H2,1H3,(H,18,19). The van der Waals surface area contributed by atoms with Gasteiger partial charge in [-0.2, -0.15) is 0 Å². The van der Waals surface area contributed by atoms with Gasteiger partial charge in [-0.3, -0.25) is 14.0 Å². The van der Waals surface area contributed by atoms with Gasteiger partial charge in [-0.25, -0.2) is 0 Å². The molecule has 0 radical (unpaired) electrons. The number of fused-ring (bicyclic) bond motifs is 1. The van der Waals surface area contributed by atoms with Crippen LogP contribution in [-0.4, -0.2) is 30.6 Å². The van der Waals surface area contributed by atoms with Crippen molar-refractivity contribution in [3.05, 3.63) is 28.6 Å². The maximum absolute atomic E-state index is 12.5. The number of hydrogen-bond donors (Lipinski definition) is 1. The first-order valence-corrected chi connectivity index (χ1v) is 7.28. The smallest absolute Gasteiger partial charge is 0.303 e. The molecule has 21 heavy (non-hydrogen) atoms. The van der Waals surface area contributed by atoms with Crippen molar-refractivity contribution >= 4 is 33.2 Å². The SMILES string of the molecule is COc1cc2cc(C(=O)CCC(=O)O)sc2cc1CCF. The van der Waals surface area contributed by atoms with Gasteiger partial charge in [-0.05, 0) is 29.1 Å². The van der Waals surface area contributed by atoms with Crippen molar-refractivity contribution in [3.8, 4) is 5.75 Å². The lowest BCUT2D eigenvalue weighted by Crippen LogP contribution is -2.01. The fraction of sp³-hybridized carbons (Fsp3) is 0.333. The zero-order chi connectivity index (χ0) is 15.4. The number of carbonyl (C=O) groups is 2. The molecule has 0 aliphatic heterocycles. The molecular formula is C15H15FO4S. The predicted octanol–water partition coefficient (Wildman–Crippen LogP) is 3.47. The van der Waals surface area contributed by atoms with E-state index < -0.39 is 12.6 Å². The third-order valence-corrected chi connectivity index (χ3v) is 4.26. The molecule has 112 valence electrons. The first-order valence-electron chi connectivity index (χ1n) is 6.46. The van der Waals surface area contributed by atoms with Crippen LogP contribution >= 0.6 is 11.3 Å². The maximum atomic E-state index is 12.5. The van der Waals surface area contributed by atoms with Gasteiger partial charge in [0, 0.05) is 17.5 Å². The summed E-state index contributed by atoms with van der Waals surface area (Å²) in [6, 6.07) is 5.34. The molecule has 0 aliphatic carbocycles. The van der Waals surface area contributed by atoms with Crippen LogP contribution in [0.15, 0.2) is 18.2 Å². The highest BCUT2D eigenvalue weighted by Crippen LogP contribution is 2.33. The predicted molar refractivity (Wildman–Crippen MR) is 79.3 cm³/mol. The fourth-order valence-electron chi connectivity index (χ4n) is 2.08. The first kappa shape index (κ1) is 15.4. The van der Waals surface area contributed by atoms with Crippen molar-refractivity contribution in [3.63, 3.8) is 0 Å². The quantitative estimate of drug-likeness (QED) is 0.795. The Kier molecular flexibility index (Phi) is 4.90. The van der Waals surface area contributed by atoms with Crippen LogP contribution < -0.4 is 4.74 Å². The molecule has 0 amide bonds. The summed E-state index contributed by atoms with van der Waals surface area (Å²) < 4.78 is 18.6. The van der Waals surface area contributed by atoms with Crippen LogP contribution in [-0.2, 0) is 11.2 Å². The summed E-state index contributed by atoms with van der Waals surface area (Å²) in [4.78, 5) is 23.0. The molecule has 1 N–H and O–H groups in total. The fourth-order valence-corrected chi connectivity index (χ4v) is 3.15. The Bertz CT molecular complexity index is 678. The Balaban J connectivity index is 2.32. The molecule has 2 rings (SSSR count). The van der Waals surface area contributed by atoms with Gasteiger partial charge in [0.2, 0.25) is 0 Å². The minimum Gasteiger partial charge on any atom is -0.496 e. The van der Waals surface area contributed by atoms with E-state index in [1.807, 2.05) is 6.07 Å². The Hall–Kier alpha value is -1.95. The monoisotopic (exact) mass is 310 g/mol. The molecule has 0 saturated carbocycles. The number of carboxylic acids is 1.